The largest absolute Gasteiger partial charge is 0.437 e. The lowest BCUT2D eigenvalue weighted by molar-refractivity contribution is -0.137. The average Bonchev–Trinajstić information content (AvgIpc) is 3.04. The van der Waals surface area contributed by atoms with Crippen LogP contribution in [0.4, 0.5) is 13.2 Å². The molecule has 0 amide bonds. The highest BCUT2D eigenvalue weighted by atomic mass is 35.5. The number of ether oxygens (including phenoxy) is 1. The van der Waals surface area contributed by atoms with Crippen LogP contribution in [0.5, 0.6) is 11.6 Å². The van der Waals surface area contributed by atoms with E-state index in [1.54, 1.807) is 6.07 Å². The molecule has 1 aromatic heterocycles. The molecule has 1 aromatic carbocycles. The summed E-state index contributed by atoms with van der Waals surface area (Å²) in [6.07, 6.45) is -1.30. The van der Waals surface area contributed by atoms with Crippen LogP contribution < -0.4 is 4.74 Å². The van der Waals surface area contributed by atoms with Crippen LogP contribution in [-0.4, -0.2) is 23.0 Å². The molecule has 128 valence electrons. The quantitative estimate of drug-likeness (QED) is 0.758. The third-order valence-electron chi connectivity index (χ3n) is 3.91. The Kier molecular flexibility index (Phi) is 4.96. The maximum absolute atomic E-state index is 12.6. The standard InChI is InChI=1S/C17H16ClF3N2O/c18-16-12(11-23-8-1-2-9-23)4-3-5-14(16)24-15-7-6-13(10-22-15)17(19,20)21/h3-7,10H,1-2,8-9,11H2. The molecular weight excluding hydrogens is 341 g/mol. The second kappa shape index (κ2) is 6.99. The first-order valence-corrected chi connectivity index (χ1v) is 8.02. The van der Waals surface area contributed by atoms with Crippen LogP contribution in [0.3, 0.4) is 0 Å². The van der Waals surface area contributed by atoms with E-state index in [0.29, 0.717) is 10.8 Å². The molecule has 0 radical (unpaired) electrons. The Morgan fingerprint density at radius 1 is 1.12 bits per heavy atom. The van der Waals surface area contributed by atoms with Crippen molar-refractivity contribution in [3.8, 4) is 11.6 Å². The van der Waals surface area contributed by atoms with Crippen molar-refractivity contribution in [3.05, 3.63) is 52.7 Å². The Morgan fingerprint density at radius 2 is 1.88 bits per heavy atom. The monoisotopic (exact) mass is 356 g/mol. The van der Waals surface area contributed by atoms with E-state index in [-0.39, 0.29) is 5.88 Å². The Morgan fingerprint density at radius 3 is 2.50 bits per heavy atom. The maximum atomic E-state index is 12.6. The Bertz CT molecular complexity index is 698. The number of alkyl halides is 3. The van der Waals surface area contributed by atoms with Crippen molar-refractivity contribution in [1.82, 2.24) is 9.88 Å². The molecule has 24 heavy (non-hydrogen) atoms. The van der Waals surface area contributed by atoms with E-state index in [4.69, 9.17) is 16.3 Å². The molecule has 2 aromatic rings. The van der Waals surface area contributed by atoms with Crippen LogP contribution in [0, 0.1) is 0 Å². The van der Waals surface area contributed by atoms with Gasteiger partial charge in [-0.2, -0.15) is 13.2 Å². The number of hydrogen-bond donors (Lipinski definition) is 0. The lowest BCUT2D eigenvalue weighted by Crippen LogP contribution is -2.18. The SMILES string of the molecule is FC(F)(F)c1ccc(Oc2cccc(CN3CCCC3)c2Cl)nc1. The number of pyridine rings is 1. The topological polar surface area (TPSA) is 25.4 Å². The van der Waals surface area contributed by atoms with Crippen molar-refractivity contribution >= 4 is 11.6 Å². The molecule has 7 heteroatoms. The fourth-order valence-electron chi connectivity index (χ4n) is 2.66. The lowest BCUT2D eigenvalue weighted by atomic mass is 10.2. The minimum atomic E-state index is -4.42. The molecule has 1 saturated heterocycles. The summed E-state index contributed by atoms with van der Waals surface area (Å²) < 4.78 is 43.2. The van der Waals surface area contributed by atoms with Crippen molar-refractivity contribution in [3.63, 3.8) is 0 Å². The molecule has 0 atom stereocenters. The van der Waals surface area contributed by atoms with E-state index in [0.717, 1.165) is 37.5 Å². The normalized spacial score (nSPS) is 15.7. The molecule has 3 nitrogen and oxygen atoms in total. The van der Waals surface area contributed by atoms with E-state index in [9.17, 15) is 13.2 Å². The molecule has 1 fully saturated rings. The summed E-state index contributed by atoms with van der Waals surface area (Å²) in [5, 5.41) is 0.464. The van der Waals surface area contributed by atoms with Crippen molar-refractivity contribution in [2.75, 3.05) is 13.1 Å². The van der Waals surface area contributed by atoms with E-state index in [1.165, 1.54) is 18.9 Å². The van der Waals surface area contributed by atoms with Gasteiger partial charge in [-0.25, -0.2) is 4.98 Å². The minimum Gasteiger partial charge on any atom is -0.437 e. The van der Waals surface area contributed by atoms with Gasteiger partial charge in [-0.05, 0) is 43.6 Å². The highest BCUT2D eigenvalue weighted by Gasteiger charge is 2.30. The molecule has 0 saturated carbocycles. The van der Waals surface area contributed by atoms with Crippen LogP contribution >= 0.6 is 11.6 Å². The van der Waals surface area contributed by atoms with Crippen molar-refractivity contribution in [2.24, 2.45) is 0 Å². The Hall–Kier alpha value is -1.79. The zero-order valence-corrected chi connectivity index (χ0v) is 13.6. The first kappa shape index (κ1) is 17.0. The van der Waals surface area contributed by atoms with Crippen LogP contribution in [0.25, 0.3) is 0 Å². The number of aromatic nitrogens is 1. The third-order valence-corrected chi connectivity index (χ3v) is 4.34. The van der Waals surface area contributed by atoms with Crippen molar-refractivity contribution in [2.45, 2.75) is 25.6 Å². The second-order valence-corrected chi connectivity index (χ2v) is 6.08. The first-order valence-electron chi connectivity index (χ1n) is 7.64. The number of likely N-dealkylation sites (tertiary alicyclic amines) is 1. The summed E-state index contributed by atoms with van der Waals surface area (Å²) in [6, 6.07) is 7.54. The summed E-state index contributed by atoms with van der Waals surface area (Å²) in [4.78, 5) is 6.01. The van der Waals surface area contributed by atoms with Gasteiger partial charge in [0.05, 0.1) is 10.6 Å². The highest BCUT2D eigenvalue weighted by Crippen LogP contribution is 2.34. The minimum absolute atomic E-state index is 0.0724. The van der Waals surface area contributed by atoms with Crippen LogP contribution in [0.2, 0.25) is 5.02 Å². The maximum Gasteiger partial charge on any atom is 0.417 e. The average molecular weight is 357 g/mol. The summed E-state index contributed by atoms with van der Waals surface area (Å²) in [5.41, 5.74) is 0.117. The molecule has 3 rings (SSSR count). The van der Waals surface area contributed by atoms with E-state index >= 15 is 0 Å². The highest BCUT2D eigenvalue weighted by molar-refractivity contribution is 6.32. The molecular formula is C17H16ClF3N2O. The molecule has 1 aliphatic heterocycles. The van der Waals surface area contributed by atoms with Gasteiger partial charge in [0.15, 0.2) is 0 Å². The third kappa shape index (κ3) is 3.99. The number of rotatable bonds is 4. The summed E-state index contributed by atoms with van der Waals surface area (Å²) in [6.45, 7) is 2.82. The summed E-state index contributed by atoms with van der Waals surface area (Å²) >= 11 is 6.38. The summed E-state index contributed by atoms with van der Waals surface area (Å²) in [5.74, 6) is 0.462. The zero-order valence-electron chi connectivity index (χ0n) is 12.8. The summed E-state index contributed by atoms with van der Waals surface area (Å²) in [7, 11) is 0. The van der Waals surface area contributed by atoms with Gasteiger partial charge >= 0.3 is 6.18 Å². The Labute approximate surface area is 143 Å². The van der Waals surface area contributed by atoms with Gasteiger partial charge in [0.2, 0.25) is 5.88 Å². The predicted octanol–water partition coefficient (Wildman–Crippen LogP) is 5.14. The van der Waals surface area contributed by atoms with E-state index in [1.807, 2.05) is 12.1 Å². The molecule has 0 spiro atoms. The van der Waals surface area contributed by atoms with Gasteiger partial charge < -0.3 is 4.74 Å². The fraction of sp³-hybridized carbons (Fsp3) is 0.353. The second-order valence-electron chi connectivity index (χ2n) is 5.70. The van der Waals surface area contributed by atoms with Gasteiger partial charge in [0.25, 0.3) is 0 Å². The van der Waals surface area contributed by atoms with Crippen LogP contribution in [0.1, 0.15) is 24.0 Å². The van der Waals surface area contributed by atoms with Crippen LogP contribution in [0.15, 0.2) is 36.5 Å². The smallest absolute Gasteiger partial charge is 0.417 e. The molecule has 1 aliphatic rings. The van der Waals surface area contributed by atoms with Gasteiger partial charge in [-0.1, -0.05) is 23.7 Å². The molecule has 0 bridgehead atoms. The van der Waals surface area contributed by atoms with Crippen molar-refractivity contribution < 1.29 is 17.9 Å². The molecule has 0 N–H and O–H groups in total. The predicted molar refractivity (Wildman–Crippen MR) is 85.3 cm³/mol. The molecule has 0 aliphatic carbocycles. The van der Waals surface area contributed by atoms with Gasteiger partial charge in [-0.3, -0.25) is 4.90 Å². The number of halogens is 4. The Balaban J connectivity index is 1.75. The lowest BCUT2D eigenvalue weighted by Gasteiger charge is -2.17. The molecule has 0 unspecified atom stereocenters. The zero-order chi connectivity index (χ0) is 17.2. The van der Waals surface area contributed by atoms with Crippen molar-refractivity contribution in [1.29, 1.82) is 0 Å². The molecule has 2 heterocycles. The van der Waals surface area contributed by atoms with Gasteiger partial charge in [-0.15, -0.1) is 0 Å². The van der Waals surface area contributed by atoms with Gasteiger partial charge in [0.1, 0.15) is 5.75 Å². The van der Waals surface area contributed by atoms with E-state index in [2.05, 4.69) is 9.88 Å². The number of benzene rings is 1. The van der Waals surface area contributed by atoms with E-state index < -0.39 is 11.7 Å². The van der Waals surface area contributed by atoms with Crippen LogP contribution in [-0.2, 0) is 12.7 Å². The fourth-order valence-corrected chi connectivity index (χ4v) is 2.88. The first-order chi connectivity index (χ1) is 11.4. The van der Waals surface area contributed by atoms with Gasteiger partial charge in [0, 0.05) is 18.8 Å². The number of nitrogens with zero attached hydrogens (tertiary/aromatic N) is 2. The number of hydrogen-bond acceptors (Lipinski definition) is 3.